The number of aryl methyl sites for hydroxylation is 1. The Hall–Kier alpha value is -1.08. The molecule has 1 aliphatic rings. The van der Waals surface area contributed by atoms with Gasteiger partial charge in [0, 0.05) is 0 Å². The van der Waals surface area contributed by atoms with E-state index in [-0.39, 0.29) is 16.2 Å². The van der Waals surface area contributed by atoms with Gasteiger partial charge in [-0.15, -0.1) is 0 Å². The van der Waals surface area contributed by atoms with Gasteiger partial charge in [-0.1, -0.05) is 19.3 Å². The van der Waals surface area contributed by atoms with E-state index in [9.17, 15) is 13.2 Å². The number of rotatable bonds is 4. The molecule has 128 valence electrons. The van der Waals surface area contributed by atoms with Gasteiger partial charge >= 0.3 is 5.97 Å². The first-order valence-corrected chi connectivity index (χ1v) is 9.87. The van der Waals surface area contributed by atoms with E-state index in [1.54, 1.807) is 6.92 Å². The fourth-order valence-corrected chi connectivity index (χ4v) is 5.59. The van der Waals surface area contributed by atoms with E-state index in [0.717, 1.165) is 19.3 Å². The van der Waals surface area contributed by atoms with Crippen molar-refractivity contribution in [2.75, 3.05) is 14.2 Å². The lowest BCUT2D eigenvalue weighted by atomic mass is 10.0. The third kappa shape index (κ3) is 3.40. The normalized spacial score (nSPS) is 16.2. The van der Waals surface area contributed by atoms with Gasteiger partial charge in [0.1, 0.15) is 11.3 Å². The number of sulfone groups is 1. The molecule has 0 spiro atoms. The number of ether oxygens (including phenoxy) is 2. The minimum atomic E-state index is -3.62. The maximum absolute atomic E-state index is 13.1. The Balaban J connectivity index is 2.69. The molecule has 7 heteroatoms. The van der Waals surface area contributed by atoms with Crippen molar-refractivity contribution in [3.05, 3.63) is 21.7 Å². The lowest BCUT2D eigenvalue weighted by molar-refractivity contribution is 0.0592. The lowest BCUT2D eigenvalue weighted by Crippen LogP contribution is -2.26. The quantitative estimate of drug-likeness (QED) is 0.716. The van der Waals surface area contributed by atoms with Crippen molar-refractivity contribution in [3.8, 4) is 5.75 Å². The summed E-state index contributed by atoms with van der Waals surface area (Å²) in [5.41, 5.74) is 0.668. The van der Waals surface area contributed by atoms with Crippen molar-refractivity contribution in [3.63, 3.8) is 0 Å². The first-order chi connectivity index (χ1) is 10.8. The highest BCUT2D eigenvalue weighted by molar-refractivity contribution is 9.10. The van der Waals surface area contributed by atoms with Crippen LogP contribution in [0.5, 0.6) is 5.75 Å². The number of carbonyl (C=O) groups excluding carboxylic acids is 1. The van der Waals surface area contributed by atoms with Crippen molar-refractivity contribution >= 4 is 31.7 Å². The first-order valence-electron chi connectivity index (χ1n) is 7.53. The molecule has 1 saturated carbocycles. The summed E-state index contributed by atoms with van der Waals surface area (Å²) in [4.78, 5) is 12.2. The first kappa shape index (κ1) is 18.3. The molecule has 1 aromatic carbocycles. The lowest BCUT2D eigenvalue weighted by Gasteiger charge is -2.24. The van der Waals surface area contributed by atoms with Crippen LogP contribution in [-0.2, 0) is 14.6 Å². The van der Waals surface area contributed by atoms with Gasteiger partial charge in [0.15, 0.2) is 9.84 Å². The van der Waals surface area contributed by atoms with Gasteiger partial charge in [-0.05, 0) is 47.3 Å². The van der Waals surface area contributed by atoms with Crippen LogP contribution in [0.1, 0.15) is 48.0 Å². The summed E-state index contributed by atoms with van der Waals surface area (Å²) in [6.07, 6.45) is 4.09. The molecule has 0 heterocycles. The molecule has 0 radical (unpaired) electrons. The molecule has 1 aliphatic carbocycles. The highest BCUT2D eigenvalue weighted by Crippen LogP contribution is 2.39. The Morgan fingerprint density at radius 1 is 1.22 bits per heavy atom. The zero-order chi connectivity index (χ0) is 17.2. The van der Waals surface area contributed by atoms with Crippen LogP contribution < -0.4 is 4.74 Å². The van der Waals surface area contributed by atoms with Crippen molar-refractivity contribution < 1.29 is 22.7 Å². The van der Waals surface area contributed by atoms with Crippen LogP contribution in [0, 0.1) is 6.92 Å². The van der Waals surface area contributed by atoms with Crippen molar-refractivity contribution in [2.24, 2.45) is 0 Å². The van der Waals surface area contributed by atoms with Crippen molar-refractivity contribution in [1.29, 1.82) is 0 Å². The molecule has 5 nitrogen and oxygen atoms in total. The maximum atomic E-state index is 13.1. The Morgan fingerprint density at radius 2 is 1.83 bits per heavy atom. The smallest absolute Gasteiger partial charge is 0.343 e. The Morgan fingerprint density at radius 3 is 2.35 bits per heavy atom. The standard InChI is InChI=1S/C16H21BrO5S/c1-10-9-12(23(19,20)11-7-5-4-6-8-11)13(16(18)22-3)15(21-2)14(10)17/h9,11H,4-8H2,1-3H3. The maximum Gasteiger partial charge on any atom is 0.343 e. The number of methoxy groups -OCH3 is 2. The van der Waals surface area contributed by atoms with Crippen LogP contribution in [0.4, 0.5) is 0 Å². The van der Waals surface area contributed by atoms with E-state index < -0.39 is 21.1 Å². The van der Waals surface area contributed by atoms with Crippen LogP contribution in [0.25, 0.3) is 0 Å². The summed E-state index contributed by atoms with van der Waals surface area (Å²) < 4.78 is 36.8. The summed E-state index contributed by atoms with van der Waals surface area (Å²) >= 11 is 3.36. The summed E-state index contributed by atoms with van der Waals surface area (Å²) in [7, 11) is -0.987. The number of esters is 1. The molecule has 1 aromatic rings. The Labute approximate surface area is 145 Å². The molecule has 0 amide bonds. The molecule has 0 saturated heterocycles. The van der Waals surface area contributed by atoms with Gasteiger partial charge in [-0.25, -0.2) is 13.2 Å². The summed E-state index contributed by atoms with van der Waals surface area (Å²) in [5, 5.41) is -0.454. The molecular weight excluding hydrogens is 384 g/mol. The molecule has 1 fully saturated rings. The van der Waals surface area contributed by atoms with E-state index >= 15 is 0 Å². The molecule has 0 unspecified atom stereocenters. The highest BCUT2D eigenvalue weighted by Gasteiger charge is 2.35. The number of carbonyl (C=O) groups is 1. The van der Waals surface area contributed by atoms with E-state index in [4.69, 9.17) is 9.47 Å². The van der Waals surface area contributed by atoms with E-state index in [0.29, 0.717) is 22.9 Å². The SMILES string of the molecule is COC(=O)c1c(S(=O)(=O)C2CCCCC2)cc(C)c(Br)c1OC. The van der Waals surface area contributed by atoms with Crippen molar-refractivity contribution in [2.45, 2.75) is 49.2 Å². The number of halogens is 1. The molecule has 0 aliphatic heterocycles. The largest absolute Gasteiger partial charge is 0.495 e. The average molecular weight is 405 g/mol. The predicted octanol–water partition coefficient (Wildman–Crippen LogP) is 3.66. The molecule has 0 aromatic heterocycles. The third-order valence-electron chi connectivity index (χ3n) is 4.26. The third-order valence-corrected chi connectivity index (χ3v) is 7.53. The van der Waals surface area contributed by atoms with E-state index in [2.05, 4.69) is 15.9 Å². The average Bonchev–Trinajstić information content (AvgIpc) is 2.56. The number of hydrogen-bond donors (Lipinski definition) is 0. The van der Waals surface area contributed by atoms with Gasteiger partial charge in [0.2, 0.25) is 0 Å². The predicted molar refractivity (Wildman–Crippen MR) is 90.8 cm³/mol. The van der Waals surface area contributed by atoms with Crippen LogP contribution in [0.3, 0.4) is 0 Å². The molecule has 23 heavy (non-hydrogen) atoms. The van der Waals surface area contributed by atoms with Crippen LogP contribution in [0.2, 0.25) is 0 Å². The second kappa shape index (κ2) is 7.21. The summed E-state index contributed by atoms with van der Waals surface area (Å²) in [6.45, 7) is 1.77. The Bertz CT molecular complexity index is 706. The second-order valence-corrected chi connectivity index (χ2v) is 8.70. The minimum absolute atomic E-state index is 0.00815. The molecular formula is C16H21BrO5S. The molecule has 0 bridgehead atoms. The summed E-state index contributed by atoms with van der Waals surface area (Å²) in [6, 6.07) is 1.53. The van der Waals surface area contributed by atoms with Gasteiger partial charge in [0.25, 0.3) is 0 Å². The van der Waals surface area contributed by atoms with Gasteiger partial charge in [-0.2, -0.15) is 0 Å². The topological polar surface area (TPSA) is 69.7 Å². The zero-order valence-corrected chi connectivity index (χ0v) is 15.9. The van der Waals surface area contributed by atoms with Crippen LogP contribution in [-0.4, -0.2) is 33.9 Å². The molecule has 0 atom stereocenters. The number of benzene rings is 1. The summed E-state index contributed by atoms with van der Waals surface area (Å²) in [5.74, 6) is -0.511. The molecule has 2 rings (SSSR count). The Kier molecular flexibility index (Phi) is 5.73. The van der Waals surface area contributed by atoms with Crippen LogP contribution in [0.15, 0.2) is 15.4 Å². The fraction of sp³-hybridized carbons (Fsp3) is 0.562. The molecule has 0 N–H and O–H groups in total. The van der Waals surface area contributed by atoms with Gasteiger partial charge in [-0.3, -0.25) is 0 Å². The zero-order valence-electron chi connectivity index (χ0n) is 13.5. The second-order valence-electron chi connectivity index (χ2n) is 5.71. The van der Waals surface area contributed by atoms with E-state index in [1.807, 2.05) is 0 Å². The van der Waals surface area contributed by atoms with Crippen molar-refractivity contribution in [1.82, 2.24) is 0 Å². The van der Waals surface area contributed by atoms with Gasteiger partial charge in [0.05, 0.1) is 28.8 Å². The van der Waals surface area contributed by atoms with Crippen LogP contribution >= 0.6 is 15.9 Å². The highest BCUT2D eigenvalue weighted by atomic mass is 79.9. The monoisotopic (exact) mass is 404 g/mol. The van der Waals surface area contributed by atoms with Gasteiger partial charge < -0.3 is 9.47 Å². The van der Waals surface area contributed by atoms with E-state index in [1.165, 1.54) is 20.3 Å². The minimum Gasteiger partial charge on any atom is -0.495 e. The number of hydrogen-bond acceptors (Lipinski definition) is 5. The fourth-order valence-electron chi connectivity index (χ4n) is 3.00.